The Morgan fingerprint density at radius 2 is 1.89 bits per heavy atom. The quantitative estimate of drug-likeness (QED) is 0.669. The third-order valence-corrected chi connectivity index (χ3v) is 5.25. The number of hydrogen-bond donors (Lipinski definition) is 3. The van der Waals surface area contributed by atoms with Gasteiger partial charge in [-0.15, -0.1) is 0 Å². The molecule has 0 spiro atoms. The molecular weight excluding hydrogens is 352 g/mol. The Kier molecular flexibility index (Phi) is 5.70. The highest BCUT2D eigenvalue weighted by molar-refractivity contribution is 6.35. The summed E-state index contributed by atoms with van der Waals surface area (Å²) in [6, 6.07) is 5.94. The van der Waals surface area contributed by atoms with Crippen LogP contribution >= 0.6 is 0 Å². The van der Waals surface area contributed by atoms with Crippen molar-refractivity contribution >= 4 is 34.8 Å². The summed E-state index contributed by atoms with van der Waals surface area (Å²) in [4.78, 5) is 30.2. The third kappa shape index (κ3) is 3.87. The van der Waals surface area contributed by atoms with Gasteiger partial charge in [0.2, 0.25) is 5.91 Å². The number of rotatable bonds is 6. The number of aromatic amines is 1. The van der Waals surface area contributed by atoms with Crippen LogP contribution in [-0.4, -0.2) is 41.3 Å². The van der Waals surface area contributed by atoms with Gasteiger partial charge in [0.05, 0.1) is 17.8 Å². The fourth-order valence-electron chi connectivity index (χ4n) is 3.53. The van der Waals surface area contributed by atoms with Crippen molar-refractivity contribution in [1.82, 2.24) is 9.88 Å². The van der Waals surface area contributed by atoms with E-state index >= 15 is 0 Å². The van der Waals surface area contributed by atoms with Gasteiger partial charge in [-0.2, -0.15) is 0 Å². The number of fused-ring (bicyclic) bond motifs is 1. The zero-order valence-electron chi connectivity index (χ0n) is 17.2. The van der Waals surface area contributed by atoms with Crippen LogP contribution in [0.2, 0.25) is 0 Å². The fourth-order valence-corrected chi connectivity index (χ4v) is 3.53. The molecule has 3 rings (SSSR count). The smallest absolute Gasteiger partial charge is 0.256 e. The van der Waals surface area contributed by atoms with Gasteiger partial charge in [0.1, 0.15) is 0 Å². The molecule has 0 fully saturated rings. The van der Waals surface area contributed by atoms with Crippen LogP contribution in [0.5, 0.6) is 0 Å². The van der Waals surface area contributed by atoms with Crippen LogP contribution in [0.25, 0.3) is 11.6 Å². The number of carbonyl (C=O) groups is 2. The zero-order valence-corrected chi connectivity index (χ0v) is 17.2. The minimum absolute atomic E-state index is 0.0347. The number of nitrogens with zero attached hydrogens (tertiary/aromatic N) is 1. The molecule has 0 atom stereocenters. The van der Waals surface area contributed by atoms with Gasteiger partial charge in [-0.05, 0) is 57.1 Å². The van der Waals surface area contributed by atoms with Crippen molar-refractivity contribution in [2.24, 2.45) is 0 Å². The topological polar surface area (TPSA) is 77.2 Å². The molecule has 1 aliphatic rings. The Labute approximate surface area is 166 Å². The molecule has 2 heterocycles. The minimum Gasteiger partial charge on any atom is -0.357 e. The lowest BCUT2D eigenvalue weighted by atomic mass is 10.0. The van der Waals surface area contributed by atoms with Crippen molar-refractivity contribution in [3.05, 3.63) is 46.3 Å². The van der Waals surface area contributed by atoms with Crippen molar-refractivity contribution < 1.29 is 9.59 Å². The Morgan fingerprint density at radius 1 is 1.18 bits per heavy atom. The van der Waals surface area contributed by atoms with E-state index in [1.165, 1.54) is 0 Å². The van der Waals surface area contributed by atoms with E-state index in [-0.39, 0.29) is 11.8 Å². The summed E-state index contributed by atoms with van der Waals surface area (Å²) >= 11 is 0. The van der Waals surface area contributed by atoms with Crippen molar-refractivity contribution in [3.63, 3.8) is 0 Å². The molecule has 1 aliphatic heterocycles. The number of likely N-dealkylation sites (N-methyl/N-ethyl adjacent to an activating group) is 1. The summed E-state index contributed by atoms with van der Waals surface area (Å²) in [5.41, 5.74) is 6.87. The van der Waals surface area contributed by atoms with Gasteiger partial charge in [-0.3, -0.25) is 14.5 Å². The maximum atomic E-state index is 12.4. The minimum atomic E-state index is -0.112. The van der Waals surface area contributed by atoms with Crippen LogP contribution in [0, 0.1) is 20.8 Å². The first-order valence-corrected chi connectivity index (χ1v) is 9.69. The molecule has 0 unspecified atom stereocenters. The highest BCUT2D eigenvalue weighted by Crippen LogP contribution is 2.35. The molecule has 1 aromatic heterocycles. The lowest BCUT2D eigenvalue weighted by molar-refractivity contribution is -0.117. The second-order valence-electron chi connectivity index (χ2n) is 7.23. The number of benzene rings is 1. The molecule has 0 bridgehead atoms. The molecule has 0 saturated heterocycles. The second-order valence-corrected chi connectivity index (χ2v) is 7.23. The van der Waals surface area contributed by atoms with Gasteiger partial charge < -0.3 is 15.6 Å². The average Bonchev–Trinajstić information content (AvgIpc) is 3.10. The number of anilines is 2. The number of aryl methyl sites for hydroxylation is 2. The number of amides is 2. The first-order valence-electron chi connectivity index (χ1n) is 9.69. The molecule has 0 saturated carbocycles. The summed E-state index contributed by atoms with van der Waals surface area (Å²) in [6.07, 6.45) is 1.86. The van der Waals surface area contributed by atoms with Gasteiger partial charge in [0.25, 0.3) is 5.91 Å². The summed E-state index contributed by atoms with van der Waals surface area (Å²) < 4.78 is 0. The molecule has 2 aromatic rings. The Morgan fingerprint density at radius 3 is 2.57 bits per heavy atom. The van der Waals surface area contributed by atoms with E-state index in [9.17, 15) is 9.59 Å². The molecule has 28 heavy (non-hydrogen) atoms. The van der Waals surface area contributed by atoms with Gasteiger partial charge in [-0.1, -0.05) is 26.0 Å². The van der Waals surface area contributed by atoms with Crippen LogP contribution in [0.3, 0.4) is 0 Å². The van der Waals surface area contributed by atoms with E-state index in [1.54, 1.807) is 0 Å². The highest BCUT2D eigenvalue weighted by atomic mass is 16.2. The standard InChI is InChI=1S/C22H28N4O2/c1-6-26(7-2)12-20(27)25-21-14(4)18(23-15(21)5)11-17-16-9-8-13(3)10-19(16)24-22(17)28/h8-11,23H,6-7,12H2,1-5H3,(H,24,28)(H,25,27)/b17-11-. The summed E-state index contributed by atoms with van der Waals surface area (Å²) in [7, 11) is 0. The maximum absolute atomic E-state index is 12.4. The van der Waals surface area contributed by atoms with Crippen molar-refractivity contribution in [3.8, 4) is 0 Å². The highest BCUT2D eigenvalue weighted by Gasteiger charge is 2.25. The van der Waals surface area contributed by atoms with E-state index in [1.807, 2.05) is 58.9 Å². The molecule has 148 valence electrons. The first-order chi connectivity index (χ1) is 13.3. The number of carbonyl (C=O) groups excluding carboxylic acids is 2. The van der Waals surface area contributed by atoms with Crippen LogP contribution in [-0.2, 0) is 9.59 Å². The second kappa shape index (κ2) is 8.02. The molecule has 0 aliphatic carbocycles. The van der Waals surface area contributed by atoms with Crippen LogP contribution in [0.4, 0.5) is 11.4 Å². The molecule has 0 radical (unpaired) electrons. The summed E-state index contributed by atoms with van der Waals surface area (Å²) in [5, 5.41) is 5.94. The van der Waals surface area contributed by atoms with Gasteiger partial charge >= 0.3 is 0 Å². The summed E-state index contributed by atoms with van der Waals surface area (Å²) in [6.45, 7) is 12.0. The van der Waals surface area contributed by atoms with Crippen molar-refractivity contribution in [2.75, 3.05) is 30.3 Å². The number of aromatic nitrogens is 1. The monoisotopic (exact) mass is 380 g/mol. The predicted molar refractivity (Wildman–Crippen MR) is 114 cm³/mol. The number of hydrogen-bond acceptors (Lipinski definition) is 3. The lowest BCUT2D eigenvalue weighted by Gasteiger charge is -2.17. The molecular formula is C22H28N4O2. The molecule has 3 N–H and O–H groups in total. The molecule has 1 aromatic carbocycles. The van der Waals surface area contributed by atoms with E-state index in [2.05, 4.69) is 20.5 Å². The van der Waals surface area contributed by atoms with Crippen molar-refractivity contribution in [1.29, 1.82) is 0 Å². The van der Waals surface area contributed by atoms with Crippen LogP contribution in [0.1, 0.15) is 41.9 Å². The Hall–Kier alpha value is -2.86. The van der Waals surface area contributed by atoms with Crippen LogP contribution in [0.15, 0.2) is 18.2 Å². The average molecular weight is 380 g/mol. The Balaban J connectivity index is 1.88. The lowest BCUT2D eigenvalue weighted by Crippen LogP contribution is -2.33. The maximum Gasteiger partial charge on any atom is 0.256 e. The van der Waals surface area contributed by atoms with Gasteiger partial charge in [0.15, 0.2) is 0 Å². The number of H-pyrrole nitrogens is 1. The SMILES string of the molecule is CCN(CC)CC(=O)Nc1c(C)[nH]c(/C=C2\C(=O)Nc3cc(C)ccc32)c1C. The molecule has 6 heteroatoms. The predicted octanol–water partition coefficient (Wildman–Crippen LogP) is 3.71. The van der Waals surface area contributed by atoms with Gasteiger partial charge in [-0.25, -0.2) is 0 Å². The van der Waals surface area contributed by atoms with Crippen molar-refractivity contribution in [2.45, 2.75) is 34.6 Å². The third-order valence-electron chi connectivity index (χ3n) is 5.25. The fraction of sp³-hybridized carbons (Fsp3) is 0.364. The Bertz CT molecular complexity index is 952. The summed E-state index contributed by atoms with van der Waals surface area (Å²) in [5.74, 6) is -0.146. The van der Waals surface area contributed by atoms with E-state index in [4.69, 9.17) is 0 Å². The zero-order chi connectivity index (χ0) is 20.4. The largest absolute Gasteiger partial charge is 0.357 e. The molecule has 6 nitrogen and oxygen atoms in total. The number of nitrogens with one attached hydrogen (secondary N) is 3. The molecule has 2 amide bonds. The van der Waals surface area contributed by atoms with E-state index in [0.29, 0.717) is 12.1 Å². The first kappa shape index (κ1) is 19.9. The van der Waals surface area contributed by atoms with Gasteiger partial charge in [0, 0.05) is 22.6 Å². The van der Waals surface area contributed by atoms with E-state index < -0.39 is 0 Å². The van der Waals surface area contributed by atoms with Crippen LogP contribution < -0.4 is 10.6 Å². The van der Waals surface area contributed by atoms with E-state index in [0.717, 1.165) is 52.5 Å². The normalized spacial score (nSPS) is 14.5.